The molecule has 0 aromatic rings. The van der Waals surface area contributed by atoms with Gasteiger partial charge < -0.3 is 14.9 Å². The summed E-state index contributed by atoms with van der Waals surface area (Å²) >= 11 is 0. The molecule has 2 fully saturated rings. The number of rotatable bonds is 1. The van der Waals surface area contributed by atoms with E-state index >= 15 is 0 Å². The van der Waals surface area contributed by atoms with Gasteiger partial charge in [-0.1, -0.05) is 31.1 Å². The van der Waals surface area contributed by atoms with Crippen molar-refractivity contribution in [1.82, 2.24) is 0 Å². The molecule has 0 aromatic heterocycles. The minimum absolute atomic E-state index is 0.200. The molecule has 4 heteroatoms. The second-order valence-corrected chi connectivity index (χ2v) is 9.12. The Kier molecular flexibility index (Phi) is 3.20. The average Bonchev–Trinajstić information content (AvgIpc) is 3.11. The molecule has 0 radical (unpaired) electrons. The molecule has 1 aliphatic heterocycles. The Bertz CT molecular complexity index is 707. The molecular weight excluding hydrogens is 316 g/mol. The maximum Gasteiger partial charge on any atom is 0.317 e. The topological polar surface area (TPSA) is 66.8 Å². The predicted molar refractivity (Wildman–Crippen MR) is 92.5 cm³/mol. The molecule has 25 heavy (non-hydrogen) atoms. The van der Waals surface area contributed by atoms with Crippen LogP contribution in [0, 0.1) is 22.7 Å². The molecule has 4 nitrogen and oxygen atoms in total. The first-order chi connectivity index (χ1) is 11.9. The largest absolute Gasteiger partial charge is 0.459 e. The Labute approximate surface area is 148 Å². The van der Waals surface area contributed by atoms with Crippen LogP contribution in [-0.2, 0) is 9.53 Å². The van der Waals surface area contributed by atoms with E-state index in [1.165, 1.54) is 12.8 Å². The summed E-state index contributed by atoms with van der Waals surface area (Å²) in [6.07, 6.45) is 6.68. The van der Waals surface area contributed by atoms with Gasteiger partial charge in [-0.3, -0.25) is 4.79 Å². The van der Waals surface area contributed by atoms with Gasteiger partial charge in [0.2, 0.25) is 0 Å². The lowest BCUT2D eigenvalue weighted by molar-refractivity contribution is -0.151. The first kappa shape index (κ1) is 16.1. The fourth-order valence-electron chi connectivity index (χ4n) is 6.84. The third-order valence-electron chi connectivity index (χ3n) is 8.39. The van der Waals surface area contributed by atoms with Crippen LogP contribution >= 0.6 is 0 Å². The fraction of sp³-hybridized carbons (Fsp3) is 0.762. The quantitative estimate of drug-likeness (QED) is 0.567. The zero-order valence-corrected chi connectivity index (χ0v) is 15.1. The molecule has 1 saturated heterocycles. The fourth-order valence-corrected chi connectivity index (χ4v) is 6.84. The Hall–Kier alpha value is -1.13. The van der Waals surface area contributed by atoms with Crippen molar-refractivity contribution in [2.75, 3.05) is 0 Å². The molecule has 0 unspecified atom stereocenters. The van der Waals surface area contributed by atoms with Crippen molar-refractivity contribution in [2.45, 2.75) is 77.1 Å². The van der Waals surface area contributed by atoms with Crippen LogP contribution in [0.25, 0.3) is 0 Å². The normalized spacial score (nSPS) is 50.8. The molecule has 7 atom stereocenters. The average molecular weight is 344 g/mol. The second kappa shape index (κ2) is 4.98. The van der Waals surface area contributed by atoms with Crippen molar-refractivity contribution >= 4 is 5.97 Å². The monoisotopic (exact) mass is 344 g/mol. The summed E-state index contributed by atoms with van der Waals surface area (Å²) in [6, 6.07) is 0. The van der Waals surface area contributed by atoms with Gasteiger partial charge in [0.05, 0.1) is 5.41 Å². The van der Waals surface area contributed by atoms with Crippen molar-refractivity contribution in [2.24, 2.45) is 22.7 Å². The number of hydrogen-bond acceptors (Lipinski definition) is 4. The first-order valence-corrected chi connectivity index (χ1v) is 9.92. The highest BCUT2D eigenvalue weighted by Crippen LogP contribution is 2.64. The molecule has 2 bridgehead atoms. The van der Waals surface area contributed by atoms with Gasteiger partial charge in [0.25, 0.3) is 0 Å². The zero-order chi connectivity index (χ0) is 17.6. The van der Waals surface area contributed by atoms with Crippen LogP contribution in [0.5, 0.6) is 0 Å². The number of hydrogen-bond donors (Lipinski definition) is 2. The number of carbonyl (C=O) groups excluding carboxylic acids is 1. The highest BCUT2D eigenvalue weighted by molar-refractivity contribution is 5.85. The third kappa shape index (κ3) is 1.78. The van der Waals surface area contributed by atoms with Crippen molar-refractivity contribution in [3.05, 3.63) is 22.8 Å². The number of allylic oxidation sites excluding steroid dienone is 3. The summed E-state index contributed by atoms with van der Waals surface area (Å²) in [4.78, 5) is 12.9. The molecule has 4 aliphatic carbocycles. The summed E-state index contributed by atoms with van der Waals surface area (Å²) in [6.45, 7) is 4.69. The number of esters is 1. The maximum absolute atomic E-state index is 12.9. The van der Waals surface area contributed by atoms with E-state index in [9.17, 15) is 15.0 Å². The number of fused-ring (bicyclic) bond motifs is 3. The van der Waals surface area contributed by atoms with Crippen LogP contribution in [0.15, 0.2) is 22.8 Å². The molecule has 0 aromatic carbocycles. The molecule has 5 rings (SSSR count). The SMILES string of the molecule is CC[C@@]1(C)CCC2=C1CC[C@H]1[C@H]2CC=C2[C@@H](O)[C@@H](O)[C@@H]3C[C@@]21C(=O)O3. The molecule has 136 valence electrons. The molecule has 5 aliphatic rings. The summed E-state index contributed by atoms with van der Waals surface area (Å²) in [5, 5.41) is 20.9. The van der Waals surface area contributed by atoms with Gasteiger partial charge >= 0.3 is 5.97 Å². The highest BCUT2D eigenvalue weighted by atomic mass is 16.6. The van der Waals surface area contributed by atoms with Gasteiger partial charge in [0.1, 0.15) is 18.3 Å². The first-order valence-electron chi connectivity index (χ1n) is 9.92. The highest BCUT2D eigenvalue weighted by Gasteiger charge is 2.67. The van der Waals surface area contributed by atoms with Crippen molar-refractivity contribution < 1.29 is 19.7 Å². The Morgan fingerprint density at radius 1 is 1.32 bits per heavy atom. The lowest BCUT2D eigenvalue weighted by atomic mass is 9.51. The van der Waals surface area contributed by atoms with Crippen LogP contribution in [0.3, 0.4) is 0 Å². The van der Waals surface area contributed by atoms with Gasteiger partial charge in [-0.15, -0.1) is 0 Å². The van der Waals surface area contributed by atoms with Crippen LogP contribution in [-0.4, -0.2) is 34.5 Å². The minimum Gasteiger partial charge on any atom is -0.459 e. The second-order valence-electron chi connectivity index (χ2n) is 9.12. The van der Waals surface area contributed by atoms with Crippen LogP contribution in [0.1, 0.15) is 58.8 Å². The number of aliphatic hydroxyl groups excluding tert-OH is 2. The lowest BCUT2D eigenvalue weighted by Gasteiger charge is -2.50. The van der Waals surface area contributed by atoms with Crippen molar-refractivity contribution in [3.63, 3.8) is 0 Å². The van der Waals surface area contributed by atoms with Gasteiger partial charge in [-0.05, 0) is 61.3 Å². The third-order valence-corrected chi connectivity index (χ3v) is 8.39. The maximum atomic E-state index is 12.9. The van der Waals surface area contributed by atoms with E-state index in [4.69, 9.17) is 4.74 Å². The Balaban J connectivity index is 1.61. The predicted octanol–water partition coefficient (Wildman–Crippen LogP) is 2.89. The summed E-state index contributed by atoms with van der Waals surface area (Å²) in [5.41, 5.74) is 3.66. The molecule has 0 amide bonds. The van der Waals surface area contributed by atoms with Gasteiger partial charge in [-0.25, -0.2) is 0 Å². The summed E-state index contributed by atoms with van der Waals surface area (Å²) < 4.78 is 5.54. The minimum atomic E-state index is -0.976. The van der Waals surface area contributed by atoms with E-state index in [2.05, 4.69) is 19.9 Å². The van der Waals surface area contributed by atoms with E-state index in [0.717, 1.165) is 31.3 Å². The van der Waals surface area contributed by atoms with Gasteiger partial charge in [0.15, 0.2) is 0 Å². The van der Waals surface area contributed by atoms with Crippen LogP contribution in [0.4, 0.5) is 0 Å². The Morgan fingerprint density at radius 2 is 2.12 bits per heavy atom. The standard InChI is InChI=1S/C21H28O4/c1-3-20(2)9-8-12-11-4-5-15-17(22)18(23)16-10-21(15,19(24)25-16)14(11)7-6-13(12)20/h5,11,14,16-18,22-23H,3-4,6-10H2,1-2H3/t11-,14-,16-,17+,18-,20-,21-/m0/s1. The van der Waals surface area contributed by atoms with Crippen LogP contribution in [0.2, 0.25) is 0 Å². The molecule has 1 spiro atoms. The zero-order valence-electron chi connectivity index (χ0n) is 15.1. The van der Waals surface area contributed by atoms with Crippen LogP contribution < -0.4 is 0 Å². The van der Waals surface area contributed by atoms with E-state index in [1.54, 1.807) is 11.1 Å². The van der Waals surface area contributed by atoms with E-state index < -0.39 is 23.7 Å². The smallest absolute Gasteiger partial charge is 0.317 e. The van der Waals surface area contributed by atoms with E-state index in [1.807, 2.05) is 0 Å². The van der Waals surface area contributed by atoms with Gasteiger partial charge in [0, 0.05) is 6.42 Å². The van der Waals surface area contributed by atoms with Gasteiger partial charge in [-0.2, -0.15) is 0 Å². The Morgan fingerprint density at radius 3 is 2.88 bits per heavy atom. The van der Waals surface area contributed by atoms with Crippen molar-refractivity contribution in [1.29, 1.82) is 0 Å². The number of ether oxygens (including phenoxy) is 1. The molecular formula is C21H28O4. The van der Waals surface area contributed by atoms with Crippen molar-refractivity contribution in [3.8, 4) is 0 Å². The summed E-state index contributed by atoms with van der Waals surface area (Å²) in [7, 11) is 0. The number of aliphatic hydroxyl groups is 2. The molecule has 2 N–H and O–H groups in total. The summed E-state index contributed by atoms with van der Waals surface area (Å²) in [5.74, 6) is 0.439. The van der Waals surface area contributed by atoms with E-state index in [0.29, 0.717) is 17.8 Å². The van der Waals surface area contributed by atoms with E-state index in [-0.39, 0.29) is 11.9 Å². The number of carbonyl (C=O) groups is 1. The molecule has 1 saturated carbocycles. The molecule has 1 heterocycles. The lowest BCUT2D eigenvalue weighted by Crippen LogP contribution is -2.54.